The normalized spacial score (nSPS) is 17.7. The molecule has 0 heterocycles. The van der Waals surface area contributed by atoms with Gasteiger partial charge in [-0.2, -0.15) is 0 Å². The second-order valence-corrected chi connectivity index (χ2v) is 1.32. The van der Waals surface area contributed by atoms with Crippen LogP contribution in [0.15, 0.2) is 0 Å². The summed E-state index contributed by atoms with van der Waals surface area (Å²) in [5.74, 6) is -3.39. The Labute approximate surface area is 51.9 Å². The molecular weight excluding hydrogens is 128 g/mol. The van der Waals surface area contributed by atoms with Crippen molar-refractivity contribution >= 4 is 11.9 Å². The van der Waals surface area contributed by atoms with E-state index in [1.165, 1.54) is 0 Å². The average molecular weight is 135 g/mol. The highest BCUT2D eigenvalue weighted by atomic mass is 16.4. The molecule has 0 amide bonds. The summed E-state index contributed by atoms with van der Waals surface area (Å²) >= 11 is 0. The maximum absolute atomic E-state index is 9.86. The molecule has 0 spiro atoms. The van der Waals surface area contributed by atoms with Gasteiger partial charge in [-0.1, -0.05) is 0 Å². The minimum absolute atomic E-state index is 1.12. The number of carboxylic acid groups (broad SMARTS) is 2. The fraction of sp³-hybridized carbons (Fsp3) is 0.500. The van der Waals surface area contributed by atoms with Crippen molar-refractivity contribution in [1.29, 1.82) is 0 Å². The zero-order valence-corrected chi connectivity index (χ0v) is 4.37. The Hall–Kier alpha value is -1.10. The van der Waals surface area contributed by atoms with Crippen molar-refractivity contribution in [2.45, 2.75) is 12.5 Å². The van der Waals surface area contributed by atoms with Gasteiger partial charge in [0.1, 0.15) is 0 Å². The fourth-order valence-electron chi connectivity index (χ4n) is 0.219. The smallest absolute Gasteiger partial charge is 0.333 e. The van der Waals surface area contributed by atoms with Crippen molar-refractivity contribution in [3.05, 3.63) is 0 Å². The van der Waals surface area contributed by atoms with Crippen LogP contribution in [-0.2, 0) is 9.59 Å². The molecule has 0 saturated carbocycles. The minimum Gasteiger partial charge on any atom is -0.481 e. The first kappa shape index (κ1) is 6.03. The van der Waals surface area contributed by atoms with E-state index < -0.39 is 24.4 Å². The molecule has 0 fully saturated rings. The van der Waals surface area contributed by atoms with Gasteiger partial charge in [-0.25, -0.2) is 4.79 Å². The molecule has 1 atom stereocenters. The van der Waals surface area contributed by atoms with E-state index >= 15 is 0 Å². The van der Waals surface area contributed by atoms with Gasteiger partial charge in [-0.05, 0) is 0 Å². The molecule has 5 heteroatoms. The predicted molar refractivity (Wildman–Crippen MR) is 25.9 cm³/mol. The third-order valence-electron chi connectivity index (χ3n) is 0.566. The Morgan fingerprint density at radius 2 is 2.00 bits per heavy atom. The number of hydrogen-bond donors (Lipinski definition) is 3. The van der Waals surface area contributed by atoms with Crippen LogP contribution < -0.4 is 0 Å². The predicted octanol–water partition coefficient (Wildman–Crippen LogP) is -1.09. The Bertz CT molecular complexity index is 163. The quantitative estimate of drug-likeness (QED) is 0.457. The van der Waals surface area contributed by atoms with Crippen molar-refractivity contribution in [3.63, 3.8) is 0 Å². The zero-order chi connectivity index (χ0) is 8.36. The van der Waals surface area contributed by atoms with E-state index in [2.05, 4.69) is 0 Å². The highest BCUT2D eigenvalue weighted by molar-refractivity contribution is 5.79. The molecule has 0 bridgehead atoms. The number of aliphatic hydroxyl groups is 1. The lowest BCUT2D eigenvalue weighted by Gasteiger charge is -1.97. The molecule has 0 aromatic carbocycles. The summed E-state index contributed by atoms with van der Waals surface area (Å²) in [5, 5.41) is 24.4. The van der Waals surface area contributed by atoms with Gasteiger partial charge in [0, 0.05) is 0 Å². The summed E-state index contributed by atoms with van der Waals surface area (Å²) in [4.78, 5) is 19.6. The molecule has 9 heavy (non-hydrogen) atoms. The monoisotopic (exact) mass is 135 g/mol. The lowest BCUT2D eigenvalue weighted by Crippen LogP contribution is -2.22. The van der Waals surface area contributed by atoms with Crippen LogP contribution in [0.3, 0.4) is 0 Å². The Balaban J connectivity index is 4.13. The van der Waals surface area contributed by atoms with E-state index in [4.69, 9.17) is 16.7 Å². The van der Waals surface area contributed by atoms with Crippen molar-refractivity contribution < 1.29 is 26.3 Å². The molecule has 0 aliphatic rings. The van der Waals surface area contributed by atoms with Crippen LogP contribution in [0.4, 0.5) is 0 Å². The van der Waals surface area contributed by atoms with Crippen LogP contribution >= 0.6 is 0 Å². The summed E-state index contributed by atoms with van der Waals surface area (Å²) in [6, 6.07) is 0. The lowest BCUT2D eigenvalue weighted by atomic mass is 10.3. The maximum Gasteiger partial charge on any atom is 0.333 e. The molecule has 1 unspecified atom stereocenters. The SMILES string of the molecule is [2H]C(O)(CC(=O)O)C(=O)O. The molecule has 0 aliphatic carbocycles. The van der Waals surface area contributed by atoms with Crippen LogP contribution in [0, 0.1) is 0 Å². The number of rotatable bonds is 3. The summed E-state index contributed by atoms with van der Waals surface area (Å²) in [7, 11) is 0. The van der Waals surface area contributed by atoms with E-state index in [0.29, 0.717) is 0 Å². The van der Waals surface area contributed by atoms with Gasteiger partial charge < -0.3 is 15.3 Å². The highest BCUT2D eigenvalue weighted by Gasteiger charge is 2.16. The molecule has 0 aromatic rings. The standard InChI is InChI=1S/C4H6O5/c5-2(4(8)9)1-3(6)7/h2,5H,1H2,(H,6,7)(H,8,9)/i2D. The number of aliphatic carboxylic acids is 2. The third-order valence-corrected chi connectivity index (χ3v) is 0.566. The Kier molecular flexibility index (Phi) is 2.03. The van der Waals surface area contributed by atoms with E-state index in [9.17, 15) is 9.59 Å². The average Bonchev–Trinajstić information content (AvgIpc) is 1.60. The summed E-state index contributed by atoms with van der Waals surface area (Å²) < 4.78 is 6.49. The van der Waals surface area contributed by atoms with E-state index in [0.717, 1.165) is 0 Å². The second kappa shape index (κ2) is 3.03. The highest BCUT2D eigenvalue weighted by Crippen LogP contribution is 1.89. The molecule has 0 saturated heterocycles. The van der Waals surface area contributed by atoms with Gasteiger partial charge in [0.05, 0.1) is 7.79 Å². The van der Waals surface area contributed by atoms with Crippen LogP contribution in [0.25, 0.3) is 0 Å². The topological polar surface area (TPSA) is 94.8 Å². The van der Waals surface area contributed by atoms with Gasteiger partial charge in [0.2, 0.25) is 0 Å². The van der Waals surface area contributed by atoms with E-state index in [1.807, 2.05) is 0 Å². The van der Waals surface area contributed by atoms with Gasteiger partial charge in [0.25, 0.3) is 0 Å². The number of hydrogen-bond acceptors (Lipinski definition) is 3. The van der Waals surface area contributed by atoms with Crippen molar-refractivity contribution in [1.82, 2.24) is 0 Å². The van der Waals surface area contributed by atoms with E-state index in [1.54, 1.807) is 0 Å². The fourth-order valence-corrected chi connectivity index (χ4v) is 0.219. The molecule has 5 nitrogen and oxygen atoms in total. The van der Waals surface area contributed by atoms with Crippen LogP contribution in [-0.4, -0.2) is 33.3 Å². The summed E-state index contributed by atoms with van der Waals surface area (Å²) in [6.45, 7) is 0. The largest absolute Gasteiger partial charge is 0.481 e. The molecular formula is C4H6O5. The molecule has 52 valence electrons. The molecule has 0 aliphatic heterocycles. The van der Waals surface area contributed by atoms with Crippen molar-refractivity contribution in [3.8, 4) is 0 Å². The van der Waals surface area contributed by atoms with Crippen molar-refractivity contribution in [2.24, 2.45) is 0 Å². The van der Waals surface area contributed by atoms with Gasteiger partial charge >= 0.3 is 11.9 Å². The first-order chi connectivity index (χ1) is 4.36. The number of carbonyl (C=O) groups is 2. The van der Waals surface area contributed by atoms with Gasteiger partial charge in [-0.15, -0.1) is 0 Å². The molecule has 3 N–H and O–H groups in total. The van der Waals surface area contributed by atoms with E-state index in [-0.39, 0.29) is 0 Å². The first-order valence-corrected chi connectivity index (χ1v) is 2.04. The van der Waals surface area contributed by atoms with Crippen LogP contribution in [0.2, 0.25) is 0 Å². The van der Waals surface area contributed by atoms with Gasteiger partial charge in [0.15, 0.2) is 6.08 Å². The van der Waals surface area contributed by atoms with Crippen LogP contribution in [0.5, 0.6) is 0 Å². The minimum atomic E-state index is -2.91. The zero-order valence-electron chi connectivity index (χ0n) is 5.37. The van der Waals surface area contributed by atoms with Gasteiger partial charge in [-0.3, -0.25) is 4.79 Å². The molecule has 0 rings (SSSR count). The lowest BCUT2D eigenvalue weighted by molar-refractivity contribution is -0.152. The summed E-state index contributed by atoms with van der Waals surface area (Å²) in [5.41, 5.74) is 0. The second-order valence-electron chi connectivity index (χ2n) is 1.32. The van der Waals surface area contributed by atoms with Crippen molar-refractivity contribution in [2.75, 3.05) is 0 Å². The molecule has 0 aromatic heterocycles. The maximum atomic E-state index is 9.86. The van der Waals surface area contributed by atoms with Crippen LogP contribution in [0.1, 0.15) is 7.79 Å². The number of carboxylic acids is 2. The summed E-state index contributed by atoms with van der Waals surface area (Å²) in [6.07, 6.45) is -4.03. The Morgan fingerprint density at radius 1 is 1.56 bits per heavy atom. The first-order valence-electron chi connectivity index (χ1n) is 2.54. The third kappa shape index (κ3) is 3.48. The molecule has 0 radical (unpaired) electrons. The Morgan fingerprint density at radius 3 is 2.11 bits per heavy atom.